The van der Waals surface area contributed by atoms with Crippen LogP contribution in [0.15, 0.2) is 54.6 Å². The van der Waals surface area contributed by atoms with E-state index in [1.165, 1.54) is 16.5 Å². The van der Waals surface area contributed by atoms with Crippen LogP contribution in [-0.2, 0) is 20.9 Å². The number of amides is 1. The van der Waals surface area contributed by atoms with E-state index in [2.05, 4.69) is 0 Å². The predicted octanol–water partition coefficient (Wildman–Crippen LogP) is 3.22. The van der Waals surface area contributed by atoms with Gasteiger partial charge in [0.25, 0.3) is 5.91 Å². The Kier molecular flexibility index (Phi) is 6.97. The number of aryl methyl sites for hydroxylation is 1. The van der Waals surface area contributed by atoms with E-state index in [0.717, 1.165) is 11.1 Å². The maximum atomic E-state index is 12.1. The van der Waals surface area contributed by atoms with Crippen LogP contribution in [0.5, 0.6) is 5.75 Å². The topological polar surface area (TPSA) is 55.8 Å². The van der Waals surface area contributed by atoms with Gasteiger partial charge in [-0.25, -0.2) is 4.79 Å². The van der Waals surface area contributed by atoms with Crippen LogP contribution < -0.4 is 4.74 Å². The van der Waals surface area contributed by atoms with Crippen LogP contribution in [0.4, 0.5) is 0 Å². The van der Waals surface area contributed by atoms with Crippen molar-refractivity contribution in [3.63, 3.8) is 0 Å². The Morgan fingerprint density at radius 3 is 2.54 bits per heavy atom. The summed E-state index contributed by atoms with van der Waals surface area (Å²) >= 11 is 0. The largest absolute Gasteiger partial charge is 0.497 e. The number of carbonyl (C=O) groups is 2. The fourth-order valence-electron chi connectivity index (χ4n) is 2.26. The molecular formula is C21H23NO4. The van der Waals surface area contributed by atoms with E-state index in [-0.39, 0.29) is 12.5 Å². The van der Waals surface area contributed by atoms with Crippen LogP contribution in [0.25, 0.3) is 6.08 Å². The molecular weight excluding hydrogens is 330 g/mol. The lowest BCUT2D eigenvalue weighted by Crippen LogP contribution is -2.30. The number of methoxy groups -OCH3 is 1. The SMILES string of the molecule is COc1cccc(/C=C/C(=O)OCC(=O)N(C)Cc2ccc(C)cc2)c1. The minimum absolute atomic E-state index is 0.256. The van der Waals surface area contributed by atoms with E-state index >= 15 is 0 Å². The molecule has 0 aromatic heterocycles. The van der Waals surface area contributed by atoms with Gasteiger partial charge < -0.3 is 14.4 Å². The highest BCUT2D eigenvalue weighted by molar-refractivity contribution is 5.89. The molecule has 2 aromatic rings. The Morgan fingerprint density at radius 1 is 1.12 bits per heavy atom. The summed E-state index contributed by atoms with van der Waals surface area (Å²) in [6.45, 7) is 2.19. The highest BCUT2D eigenvalue weighted by Gasteiger charge is 2.11. The van der Waals surface area contributed by atoms with Gasteiger partial charge in [0, 0.05) is 19.7 Å². The highest BCUT2D eigenvalue weighted by Crippen LogP contribution is 2.13. The molecule has 2 rings (SSSR count). The Balaban J connectivity index is 1.81. The lowest BCUT2D eigenvalue weighted by Gasteiger charge is -2.17. The van der Waals surface area contributed by atoms with Gasteiger partial charge in [-0.15, -0.1) is 0 Å². The standard InChI is InChI=1S/C21H23NO4/c1-16-7-9-18(10-8-16)14-22(2)20(23)15-26-21(24)12-11-17-5-4-6-19(13-17)25-3/h4-13H,14-15H2,1-3H3/b12-11+. The van der Waals surface area contributed by atoms with Gasteiger partial charge in [-0.2, -0.15) is 0 Å². The summed E-state index contributed by atoms with van der Waals surface area (Å²) in [5, 5.41) is 0. The summed E-state index contributed by atoms with van der Waals surface area (Å²) in [7, 11) is 3.26. The first-order valence-electron chi connectivity index (χ1n) is 8.26. The molecule has 5 heteroatoms. The minimum Gasteiger partial charge on any atom is -0.497 e. The van der Waals surface area contributed by atoms with Crippen molar-refractivity contribution >= 4 is 18.0 Å². The predicted molar refractivity (Wildman–Crippen MR) is 101 cm³/mol. The van der Waals surface area contributed by atoms with E-state index < -0.39 is 5.97 Å². The molecule has 5 nitrogen and oxygen atoms in total. The van der Waals surface area contributed by atoms with Gasteiger partial charge in [-0.1, -0.05) is 42.0 Å². The van der Waals surface area contributed by atoms with Gasteiger partial charge in [0.1, 0.15) is 5.75 Å². The summed E-state index contributed by atoms with van der Waals surface area (Å²) in [5.41, 5.74) is 3.00. The molecule has 136 valence electrons. The molecule has 0 bridgehead atoms. The second-order valence-corrected chi connectivity index (χ2v) is 5.95. The molecule has 0 saturated heterocycles. The molecule has 1 amide bonds. The van der Waals surface area contributed by atoms with Crippen LogP contribution in [0.1, 0.15) is 16.7 Å². The van der Waals surface area contributed by atoms with Crippen LogP contribution in [0.2, 0.25) is 0 Å². The van der Waals surface area contributed by atoms with Gasteiger partial charge in [-0.05, 0) is 36.3 Å². The molecule has 0 fully saturated rings. The fourth-order valence-corrected chi connectivity index (χ4v) is 2.26. The quantitative estimate of drug-likeness (QED) is 0.566. The van der Waals surface area contributed by atoms with Crippen molar-refractivity contribution in [3.05, 3.63) is 71.3 Å². The fraction of sp³-hybridized carbons (Fsp3) is 0.238. The zero-order chi connectivity index (χ0) is 18.9. The van der Waals surface area contributed by atoms with Gasteiger partial charge in [-0.3, -0.25) is 4.79 Å². The molecule has 26 heavy (non-hydrogen) atoms. The first kappa shape index (κ1) is 19.2. The number of esters is 1. The summed E-state index contributed by atoms with van der Waals surface area (Å²) in [4.78, 5) is 25.4. The zero-order valence-electron chi connectivity index (χ0n) is 15.3. The average molecular weight is 353 g/mol. The smallest absolute Gasteiger partial charge is 0.331 e. The Bertz CT molecular complexity index is 781. The first-order chi connectivity index (χ1) is 12.5. The summed E-state index contributed by atoms with van der Waals surface area (Å²) in [5.74, 6) is -0.118. The van der Waals surface area contributed by atoms with Crippen molar-refractivity contribution in [1.82, 2.24) is 4.90 Å². The molecule has 0 spiro atoms. The summed E-state index contributed by atoms with van der Waals surface area (Å²) in [6, 6.07) is 15.2. The number of nitrogens with zero attached hydrogens (tertiary/aromatic N) is 1. The molecule has 0 N–H and O–H groups in total. The molecule has 0 saturated carbocycles. The molecule has 2 aromatic carbocycles. The van der Waals surface area contributed by atoms with Gasteiger partial charge >= 0.3 is 5.97 Å². The lowest BCUT2D eigenvalue weighted by atomic mass is 10.1. The average Bonchev–Trinajstić information content (AvgIpc) is 2.66. The van der Waals surface area contributed by atoms with E-state index in [1.54, 1.807) is 26.3 Å². The Labute approximate surface area is 153 Å². The van der Waals surface area contributed by atoms with Gasteiger partial charge in [0.2, 0.25) is 0 Å². The highest BCUT2D eigenvalue weighted by atomic mass is 16.5. The molecule has 0 aliphatic heterocycles. The number of carbonyl (C=O) groups excluding carboxylic acids is 2. The van der Waals surface area contributed by atoms with E-state index in [1.807, 2.05) is 49.4 Å². The van der Waals surface area contributed by atoms with E-state index in [0.29, 0.717) is 12.3 Å². The van der Waals surface area contributed by atoms with Crippen molar-refractivity contribution in [3.8, 4) is 5.75 Å². The Hall–Kier alpha value is -3.08. The van der Waals surface area contributed by atoms with Crippen LogP contribution in [-0.4, -0.2) is 37.5 Å². The number of rotatable bonds is 7. The van der Waals surface area contributed by atoms with Crippen LogP contribution in [0, 0.1) is 6.92 Å². The second kappa shape index (κ2) is 9.42. The molecule has 0 aliphatic carbocycles. The van der Waals surface area contributed by atoms with Crippen LogP contribution >= 0.6 is 0 Å². The van der Waals surface area contributed by atoms with Gasteiger partial charge in [0.05, 0.1) is 7.11 Å². The third kappa shape index (κ3) is 6.09. The first-order valence-corrected chi connectivity index (χ1v) is 8.26. The maximum absolute atomic E-state index is 12.1. The number of benzene rings is 2. The molecule has 0 aliphatic rings. The molecule has 0 heterocycles. The third-order valence-electron chi connectivity index (χ3n) is 3.81. The number of hydrogen-bond donors (Lipinski definition) is 0. The van der Waals surface area contributed by atoms with Gasteiger partial charge in [0.15, 0.2) is 6.61 Å². The third-order valence-corrected chi connectivity index (χ3v) is 3.81. The zero-order valence-corrected chi connectivity index (χ0v) is 15.3. The van der Waals surface area contributed by atoms with E-state index in [4.69, 9.17) is 9.47 Å². The van der Waals surface area contributed by atoms with Crippen molar-refractivity contribution in [2.24, 2.45) is 0 Å². The monoisotopic (exact) mass is 353 g/mol. The molecule has 0 atom stereocenters. The van der Waals surface area contributed by atoms with Crippen molar-refractivity contribution in [2.75, 3.05) is 20.8 Å². The normalized spacial score (nSPS) is 10.6. The maximum Gasteiger partial charge on any atom is 0.331 e. The van der Waals surface area contributed by atoms with E-state index in [9.17, 15) is 9.59 Å². The van der Waals surface area contributed by atoms with Crippen molar-refractivity contribution < 1.29 is 19.1 Å². The molecule has 0 unspecified atom stereocenters. The van der Waals surface area contributed by atoms with Crippen molar-refractivity contribution in [1.29, 1.82) is 0 Å². The number of likely N-dealkylation sites (N-methyl/N-ethyl adjacent to an activating group) is 1. The number of hydrogen-bond acceptors (Lipinski definition) is 4. The summed E-state index contributed by atoms with van der Waals surface area (Å²) < 4.78 is 10.1. The van der Waals surface area contributed by atoms with Crippen molar-refractivity contribution in [2.45, 2.75) is 13.5 Å². The minimum atomic E-state index is -0.565. The molecule has 0 radical (unpaired) electrons. The van der Waals surface area contributed by atoms with Crippen LogP contribution in [0.3, 0.4) is 0 Å². The lowest BCUT2D eigenvalue weighted by molar-refractivity contribution is -0.147. The number of ether oxygens (including phenoxy) is 2. The summed E-state index contributed by atoms with van der Waals surface area (Å²) in [6.07, 6.45) is 2.91. The second-order valence-electron chi connectivity index (χ2n) is 5.95. The Morgan fingerprint density at radius 2 is 1.85 bits per heavy atom.